The Hall–Kier alpha value is -4.00. The second-order valence-electron chi connectivity index (χ2n) is 7.40. The minimum Gasteiger partial charge on any atom is -0.497 e. The Morgan fingerprint density at radius 1 is 1.06 bits per heavy atom. The van der Waals surface area contributed by atoms with E-state index in [9.17, 15) is 4.79 Å². The first kappa shape index (κ1) is 21.2. The predicted molar refractivity (Wildman–Crippen MR) is 121 cm³/mol. The Morgan fingerprint density at radius 3 is 2.53 bits per heavy atom. The number of carboxylic acid groups (broad SMARTS) is 1. The van der Waals surface area contributed by atoms with E-state index in [-0.39, 0.29) is 0 Å². The van der Waals surface area contributed by atoms with Crippen LogP contribution in [0.1, 0.15) is 18.2 Å². The maximum absolute atomic E-state index is 11.1. The van der Waals surface area contributed by atoms with Crippen molar-refractivity contribution in [2.75, 3.05) is 7.11 Å². The van der Waals surface area contributed by atoms with Crippen molar-refractivity contribution in [1.82, 2.24) is 9.55 Å². The van der Waals surface area contributed by atoms with Crippen molar-refractivity contribution in [3.05, 3.63) is 78.1 Å². The number of nitrogens with zero attached hydrogens (tertiary/aromatic N) is 2. The third-order valence-corrected chi connectivity index (χ3v) is 5.20. The molecular weight excluding hydrogens is 408 g/mol. The average molecular weight is 432 g/mol. The Balaban J connectivity index is 1.66. The number of hydrogen-bond donors (Lipinski definition) is 1. The molecule has 0 saturated heterocycles. The minimum atomic E-state index is -1.01. The molecule has 0 saturated carbocycles. The van der Waals surface area contributed by atoms with Gasteiger partial charge in [0.05, 0.1) is 18.2 Å². The number of pyridine rings is 1. The van der Waals surface area contributed by atoms with E-state index in [1.165, 1.54) is 6.92 Å². The number of methoxy groups -OCH3 is 1. The fraction of sp³-hybridized carbons (Fsp3) is 0.200. The second-order valence-corrected chi connectivity index (χ2v) is 7.40. The van der Waals surface area contributed by atoms with Crippen LogP contribution >= 0.6 is 0 Å². The van der Waals surface area contributed by atoms with Crippen LogP contribution in [-0.4, -0.2) is 33.8 Å². The predicted octanol–water partition coefficient (Wildman–Crippen LogP) is 5.05. The molecule has 4 aromatic rings. The van der Waals surface area contributed by atoms with Gasteiger partial charge >= 0.3 is 5.97 Å². The molecule has 0 aliphatic rings. The molecule has 0 unspecified atom stereocenters. The largest absolute Gasteiger partial charge is 0.497 e. The van der Waals surface area contributed by atoms with Crippen molar-refractivity contribution in [3.63, 3.8) is 0 Å². The van der Waals surface area contributed by atoms with Gasteiger partial charge in [0.25, 0.3) is 0 Å². The van der Waals surface area contributed by atoms with Crippen molar-refractivity contribution in [2.45, 2.75) is 26.5 Å². The van der Waals surface area contributed by atoms with Gasteiger partial charge in [-0.25, -0.2) is 9.78 Å². The van der Waals surface area contributed by atoms with Crippen LogP contribution in [0.5, 0.6) is 23.0 Å². The van der Waals surface area contributed by atoms with Crippen LogP contribution in [0.15, 0.2) is 66.9 Å². The summed E-state index contributed by atoms with van der Waals surface area (Å²) in [4.78, 5) is 15.7. The first-order chi connectivity index (χ1) is 15.5. The quantitative estimate of drug-likeness (QED) is 0.420. The first-order valence-corrected chi connectivity index (χ1v) is 10.2. The molecule has 2 heterocycles. The summed E-state index contributed by atoms with van der Waals surface area (Å²) in [5.41, 5.74) is 2.69. The zero-order valence-electron chi connectivity index (χ0n) is 18.1. The molecule has 2 aromatic heterocycles. The van der Waals surface area contributed by atoms with Crippen LogP contribution in [0.2, 0.25) is 0 Å². The first-order valence-electron chi connectivity index (χ1n) is 10.2. The molecule has 0 bridgehead atoms. The molecule has 7 nitrogen and oxygen atoms in total. The molecule has 0 aliphatic carbocycles. The van der Waals surface area contributed by atoms with Crippen LogP contribution in [0.4, 0.5) is 0 Å². The molecule has 0 spiro atoms. The number of fused-ring (bicyclic) bond motifs is 1. The lowest BCUT2D eigenvalue weighted by molar-refractivity contribution is -0.144. The van der Waals surface area contributed by atoms with E-state index in [0.717, 1.165) is 33.8 Å². The molecule has 1 atom stereocenters. The third-order valence-electron chi connectivity index (χ3n) is 5.20. The van der Waals surface area contributed by atoms with E-state index in [0.29, 0.717) is 18.0 Å². The van der Waals surface area contributed by atoms with Gasteiger partial charge in [-0.05, 0) is 67.9 Å². The summed E-state index contributed by atoms with van der Waals surface area (Å²) in [6.07, 6.45) is 0.828. The van der Waals surface area contributed by atoms with E-state index < -0.39 is 12.1 Å². The summed E-state index contributed by atoms with van der Waals surface area (Å²) in [6.45, 7) is 4.03. The lowest BCUT2D eigenvalue weighted by Gasteiger charge is -2.13. The fourth-order valence-electron chi connectivity index (χ4n) is 3.50. The van der Waals surface area contributed by atoms with Crippen molar-refractivity contribution < 1.29 is 24.1 Å². The topological polar surface area (TPSA) is 82.8 Å². The standard InChI is InChI=1S/C25H24N2O5/c1-16-23(32-20-11-9-19(30-3)10-12-20)22-8-5-13-26-24(22)27(16)15-18-6-4-7-21(14-18)31-17(2)25(28)29/h4-14,17H,15H2,1-3H3,(H,28,29)/t17-/m0/s1. The SMILES string of the molecule is COc1ccc(Oc2c(C)n(Cc3cccc(O[C@@H](C)C(=O)O)c3)c3ncccc23)cc1. The molecule has 1 N–H and O–H groups in total. The Labute approximate surface area is 185 Å². The zero-order chi connectivity index (χ0) is 22.7. The van der Waals surface area contributed by atoms with Gasteiger partial charge < -0.3 is 23.9 Å². The Bertz CT molecular complexity index is 1250. The zero-order valence-corrected chi connectivity index (χ0v) is 18.1. The molecule has 0 radical (unpaired) electrons. The van der Waals surface area contributed by atoms with Gasteiger partial charge in [0.15, 0.2) is 11.9 Å². The number of carboxylic acids is 1. The molecule has 7 heteroatoms. The summed E-state index contributed by atoms with van der Waals surface area (Å²) in [5, 5.41) is 10.0. The Morgan fingerprint density at radius 2 is 1.81 bits per heavy atom. The summed E-state index contributed by atoms with van der Waals surface area (Å²) in [6, 6.07) is 18.7. The van der Waals surface area contributed by atoms with Crippen LogP contribution < -0.4 is 14.2 Å². The number of aromatic nitrogens is 2. The number of benzene rings is 2. The van der Waals surface area contributed by atoms with Gasteiger partial charge in [-0.15, -0.1) is 0 Å². The highest BCUT2D eigenvalue weighted by Crippen LogP contribution is 2.36. The molecule has 0 fully saturated rings. The van der Waals surface area contributed by atoms with Crippen LogP contribution in [0.3, 0.4) is 0 Å². The van der Waals surface area contributed by atoms with Gasteiger partial charge in [-0.3, -0.25) is 0 Å². The fourth-order valence-corrected chi connectivity index (χ4v) is 3.50. The molecule has 4 rings (SSSR count). The van der Waals surface area contributed by atoms with E-state index in [4.69, 9.17) is 19.3 Å². The highest BCUT2D eigenvalue weighted by molar-refractivity contribution is 5.86. The molecule has 32 heavy (non-hydrogen) atoms. The third kappa shape index (κ3) is 4.37. The van der Waals surface area contributed by atoms with Gasteiger partial charge in [0, 0.05) is 12.7 Å². The van der Waals surface area contributed by atoms with E-state index in [1.807, 2.05) is 61.5 Å². The van der Waals surface area contributed by atoms with Crippen molar-refractivity contribution >= 4 is 17.0 Å². The summed E-state index contributed by atoms with van der Waals surface area (Å²) < 4.78 is 19.0. The molecule has 0 aliphatic heterocycles. The monoisotopic (exact) mass is 432 g/mol. The highest BCUT2D eigenvalue weighted by atomic mass is 16.5. The van der Waals surface area contributed by atoms with Gasteiger partial charge in [0.1, 0.15) is 22.9 Å². The summed E-state index contributed by atoms with van der Waals surface area (Å²) in [7, 11) is 1.63. The van der Waals surface area contributed by atoms with Crippen molar-refractivity contribution in [1.29, 1.82) is 0 Å². The number of rotatable bonds is 8. The van der Waals surface area contributed by atoms with Gasteiger partial charge in [-0.1, -0.05) is 12.1 Å². The van der Waals surface area contributed by atoms with Crippen LogP contribution in [-0.2, 0) is 11.3 Å². The van der Waals surface area contributed by atoms with Crippen molar-refractivity contribution in [2.24, 2.45) is 0 Å². The Kier molecular flexibility index (Phi) is 5.98. The van der Waals surface area contributed by atoms with Crippen molar-refractivity contribution in [3.8, 4) is 23.0 Å². The maximum atomic E-state index is 11.1. The molecule has 2 aromatic carbocycles. The molecule has 0 amide bonds. The van der Waals surface area contributed by atoms with Crippen LogP contribution in [0.25, 0.3) is 11.0 Å². The highest BCUT2D eigenvalue weighted by Gasteiger charge is 2.18. The lowest BCUT2D eigenvalue weighted by atomic mass is 10.2. The molecular formula is C25H24N2O5. The number of hydrogen-bond acceptors (Lipinski definition) is 5. The summed E-state index contributed by atoms with van der Waals surface area (Å²) >= 11 is 0. The molecule has 164 valence electrons. The normalized spacial score (nSPS) is 11.8. The van der Waals surface area contributed by atoms with E-state index in [1.54, 1.807) is 19.4 Å². The second kappa shape index (κ2) is 9.01. The van der Waals surface area contributed by atoms with Gasteiger partial charge in [-0.2, -0.15) is 0 Å². The smallest absolute Gasteiger partial charge is 0.344 e. The van der Waals surface area contributed by atoms with E-state index >= 15 is 0 Å². The lowest BCUT2D eigenvalue weighted by Crippen LogP contribution is -2.22. The number of aliphatic carboxylic acids is 1. The number of carbonyl (C=O) groups is 1. The van der Waals surface area contributed by atoms with Gasteiger partial charge in [0.2, 0.25) is 0 Å². The minimum absolute atomic E-state index is 0.509. The number of ether oxygens (including phenoxy) is 3. The summed E-state index contributed by atoms with van der Waals surface area (Å²) in [5.74, 6) is 1.71. The van der Waals surface area contributed by atoms with Crippen LogP contribution in [0, 0.1) is 6.92 Å². The van der Waals surface area contributed by atoms with E-state index in [2.05, 4.69) is 9.55 Å². The average Bonchev–Trinajstić information content (AvgIpc) is 3.06. The maximum Gasteiger partial charge on any atom is 0.344 e.